The van der Waals surface area contributed by atoms with Crippen molar-refractivity contribution < 1.29 is 14.4 Å². The number of hydrogen-bond donors (Lipinski definition) is 2. The van der Waals surface area contributed by atoms with Crippen molar-refractivity contribution in [3.8, 4) is 0 Å². The SMILES string of the molecule is CC(C)c1ccccc1.CC(c1ccccc1)P(=O)(O)O.CCC.CCC. The van der Waals surface area contributed by atoms with Gasteiger partial charge in [0.15, 0.2) is 0 Å². The lowest BCUT2D eigenvalue weighted by Crippen LogP contribution is -1.93. The monoisotopic (exact) mass is 394 g/mol. The smallest absolute Gasteiger partial charge is 0.324 e. The first kappa shape index (κ1) is 27.8. The van der Waals surface area contributed by atoms with E-state index < -0.39 is 13.3 Å². The van der Waals surface area contributed by atoms with E-state index in [0.717, 1.165) is 0 Å². The van der Waals surface area contributed by atoms with Crippen LogP contribution in [0.25, 0.3) is 0 Å². The van der Waals surface area contributed by atoms with Crippen molar-refractivity contribution in [2.75, 3.05) is 0 Å². The van der Waals surface area contributed by atoms with Crippen molar-refractivity contribution in [3.63, 3.8) is 0 Å². The highest BCUT2D eigenvalue weighted by molar-refractivity contribution is 7.52. The van der Waals surface area contributed by atoms with Crippen molar-refractivity contribution in [1.29, 1.82) is 0 Å². The molecule has 3 nitrogen and oxygen atoms in total. The highest BCUT2D eigenvalue weighted by atomic mass is 31.2. The summed E-state index contributed by atoms with van der Waals surface area (Å²) in [6.45, 7) is 14.4. The van der Waals surface area contributed by atoms with Gasteiger partial charge >= 0.3 is 7.60 Å². The van der Waals surface area contributed by atoms with E-state index >= 15 is 0 Å². The van der Waals surface area contributed by atoms with E-state index in [4.69, 9.17) is 9.79 Å². The molecule has 0 aliphatic rings. The lowest BCUT2D eigenvalue weighted by Gasteiger charge is -2.12. The van der Waals surface area contributed by atoms with Crippen LogP contribution in [0.5, 0.6) is 0 Å². The Labute approximate surface area is 167 Å². The van der Waals surface area contributed by atoms with Crippen molar-refractivity contribution in [1.82, 2.24) is 0 Å². The summed E-state index contributed by atoms with van der Waals surface area (Å²) in [5.41, 5.74) is 1.38. The molecule has 154 valence electrons. The average molecular weight is 395 g/mol. The minimum absolute atomic E-state index is 0.659. The Hall–Kier alpha value is -1.41. The Morgan fingerprint density at radius 2 is 1.00 bits per heavy atom. The normalized spacial score (nSPS) is 11.0. The fraction of sp³-hybridized carbons (Fsp3) is 0.478. The van der Waals surface area contributed by atoms with Gasteiger partial charge in [-0.05, 0) is 24.0 Å². The minimum atomic E-state index is -3.98. The lowest BCUT2D eigenvalue weighted by atomic mass is 10.0. The zero-order chi connectivity index (χ0) is 21.3. The van der Waals surface area contributed by atoms with E-state index in [-0.39, 0.29) is 0 Å². The molecule has 2 rings (SSSR count). The molecule has 1 unspecified atom stereocenters. The molecule has 27 heavy (non-hydrogen) atoms. The third-order valence-corrected chi connectivity index (χ3v) is 4.56. The molecule has 0 aliphatic carbocycles. The third kappa shape index (κ3) is 15.4. The van der Waals surface area contributed by atoms with Crippen LogP contribution in [-0.2, 0) is 4.57 Å². The van der Waals surface area contributed by atoms with E-state index in [9.17, 15) is 4.57 Å². The van der Waals surface area contributed by atoms with Crippen LogP contribution in [0.3, 0.4) is 0 Å². The van der Waals surface area contributed by atoms with Crippen molar-refractivity contribution >= 4 is 7.60 Å². The summed E-state index contributed by atoms with van der Waals surface area (Å²) in [7, 11) is -3.98. The molecule has 0 heterocycles. The van der Waals surface area contributed by atoms with Gasteiger partial charge in [0.2, 0.25) is 0 Å². The van der Waals surface area contributed by atoms with E-state index in [1.165, 1.54) is 25.3 Å². The summed E-state index contributed by atoms with van der Waals surface area (Å²) in [5.74, 6) is 0.659. The summed E-state index contributed by atoms with van der Waals surface area (Å²) in [6.07, 6.45) is 2.50. The summed E-state index contributed by atoms with van der Waals surface area (Å²) in [6, 6.07) is 19.3. The van der Waals surface area contributed by atoms with Gasteiger partial charge in [-0.2, -0.15) is 0 Å². The van der Waals surface area contributed by atoms with Crippen LogP contribution < -0.4 is 0 Å². The standard InChI is InChI=1S/C9H12.C8H11O3P.2C3H8/c1-8(2)9-6-4-3-5-7-9;1-7(12(9,10)11)8-5-3-2-4-6-8;2*1-3-2/h3-8H,1-2H3;2-7H,1H3,(H2,9,10,11);2*3H2,1-2H3. The Morgan fingerprint density at radius 3 is 1.22 bits per heavy atom. The Bertz CT molecular complexity index is 590. The molecule has 4 heteroatoms. The average Bonchev–Trinajstić information content (AvgIpc) is 2.64. The molecule has 2 aromatic rings. The first-order valence-electron chi connectivity index (χ1n) is 9.80. The minimum Gasteiger partial charge on any atom is -0.324 e. The Kier molecular flexibility index (Phi) is 17.2. The molecule has 0 radical (unpaired) electrons. The molecular formula is C23H39O3P. The largest absolute Gasteiger partial charge is 0.332 e. The summed E-state index contributed by atoms with van der Waals surface area (Å²) >= 11 is 0. The topological polar surface area (TPSA) is 57.5 Å². The molecule has 2 N–H and O–H groups in total. The first-order chi connectivity index (χ1) is 12.6. The highest BCUT2D eigenvalue weighted by Gasteiger charge is 2.24. The molecule has 0 saturated heterocycles. The van der Waals surface area contributed by atoms with Gasteiger partial charge in [0.25, 0.3) is 0 Å². The van der Waals surface area contributed by atoms with E-state index in [1.807, 2.05) is 12.1 Å². The van der Waals surface area contributed by atoms with Crippen LogP contribution in [0.1, 0.15) is 84.0 Å². The molecule has 0 saturated carbocycles. The maximum absolute atomic E-state index is 10.8. The molecule has 0 spiro atoms. The van der Waals surface area contributed by atoms with Crippen LogP contribution in [0.15, 0.2) is 60.7 Å². The first-order valence-corrected chi connectivity index (χ1v) is 11.5. The summed E-state index contributed by atoms with van der Waals surface area (Å²) in [5, 5.41) is 0. The van der Waals surface area contributed by atoms with Crippen LogP contribution in [0, 0.1) is 0 Å². The molecule has 0 aliphatic heterocycles. The second-order valence-electron chi connectivity index (χ2n) is 6.66. The van der Waals surface area contributed by atoms with Crippen molar-refractivity contribution in [3.05, 3.63) is 71.8 Å². The third-order valence-electron chi connectivity index (χ3n) is 3.25. The summed E-state index contributed by atoms with van der Waals surface area (Å²) in [4.78, 5) is 17.7. The zero-order valence-corrected chi connectivity index (χ0v) is 19.0. The van der Waals surface area contributed by atoms with Crippen LogP contribution >= 0.6 is 7.60 Å². The van der Waals surface area contributed by atoms with Crippen molar-refractivity contribution in [2.45, 2.75) is 72.9 Å². The summed E-state index contributed by atoms with van der Waals surface area (Å²) < 4.78 is 10.8. The number of benzene rings is 2. The van der Waals surface area contributed by atoms with E-state index in [1.54, 1.807) is 24.3 Å². The highest BCUT2D eigenvalue weighted by Crippen LogP contribution is 2.51. The van der Waals surface area contributed by atoms with Gasteiger partial charge in [0, 0.05) is 0 Å². The van der Waals surface area contributed by atoms with Gasteiger partial charge in [-0.15, -0.1) is 0 Å². The molecule has 0 fully saturated rings. The second kappa shape index (κ2) is 16.7. The molecular weight excluding hydrogens is 355 g/mol. The zero-order valence-electron chi connectivity index (χ0n) is 18.1. The molecule has 0 bridgehead atoms. The maximum Gasteiger partial charge on any atom is 0.332 e. The Balaban J connectivity index is 0. The number of hydrogen-bond acceptors (Lipinski definition) is 1. The molecule has 2 aromatic carbocycles. The maximum atomic E-state index is 10.8. The predicted molar refractivity (Wildman–Crippen MR) is 119 cm³/mol. The van der Waals surface area contributed by atoms with Crippen LogP contribution in [0.2, 0.25) is 0 Å². The van der Waals surface area contributed by atoms with Gasteiger partial charge < -0.3 is 9.79 Å². The van der Waals surface area contributed by atoms with E-state index in [2.05, 4.69) is 65.8 Å². The van der Waals surface area contributed by atoms with Gasteiger partial charge in [0.1, 0.15) is 0 Å². The lowest BCUT2D eigenvalue weighted by molar-refractivity contribution is 0.362. The second-order valence-corrected chi connectivity index (χ2v) is 8.61. The fourth-order valence-electron chi connectivity index (χ4n) is 1.76. The Morgan fingerprint density at radius 1 is 0.704 bits per heavy atom. The van der Waals surface area contributed by atoms with Crippen LogP contribution in [0.4, 0.5) is 0 Å². The number of rotatable bonds is 3. The van der Waals surface area contributed by atoms with Gasteiger partial charge in [-0.3, -0.25) is 4.57 Å². The molecule has 0 aromatic heterocycles. The van der Waals surface area contributed by atoms with Gasteiger partial charge in [-0.1, -0.05) is 115 Å². The van der Waals surface area contributed by atoms with Crippen LogP contribution in [-0.4, -0.2) is 9.79 Å². The molecule has 1 atom stereocenters. The van der Waals surface area contributed by atoms with Crippen molar-refractivity contribution in [2.24, 2.45) is 0 Å². The van der Waals surface area contributed by atoms with E-state index in [0.29, 0.717) is 11.5 Å². The van der Waals surface area contributed by atoms with Gasteiger partial charge in [0.05, 0.1) is 5.66 Å². The van der Waals surface area contributed by atoms with Gasteiger partial charge in [-0.25, -0.2) is 0 Å². The quantitative estimate of drug-likeness (QED) is 0.528. The molecule has 0 amide bonds. The predicted octanol–water partition coefficient (Wildman–Crippen LogP) is 7.57. The fourth-order valence-corrected chi connectivity index (χ4v) is 2.32.